The normalized spacial score (nSPS) is 22.7. The predicted octanol–water partition coefficient (Wildman–Crippen LogP) is 1.36. The van der Waals surface area contributed by atoms with Crippen molar-refractivity contribution in [2.24, 2.45) is 5.41 Å². The molecule has 104 valence electrons. The highest BCUT2D eigenvalue weighted by Gasteiger charge is 2.42. The van der Waals surface area contributed by atoms with Gasteiger partial charge in [-0.3, -0.25) is 9.59 Å². The first-order valence-corrected chi connectivity index (χ1v) is 6.06. The highest BCUT2D eigenvalue weighted by molar-refractivity contribution is 5.92. The third-order valence-electron chi connectivity index (χ3n) is 3.44. The van der Waals surface area contributed by atoms with E-state index in [1.165, 1.54) is 4.90 Å². The van der Waals surface area contributed by atoms with Crippen LogP contribution in [-0.2, 0) is 16.1 Å². The van der Waals surface area contributed by atoms with Gasteiger partial charge in [-0.1, -0.05) is 0 Å². The van der Waals surface area contributed by atoms with Gasteiger partial charge in [0, 0.05) is 20.2 Å². The zero-order valence-electron chi connectivity index (χ0n) is 11.0. The number of hydrogen-bond donors (Lipinski definition) is 1. The molecule has 1 aliphatic rings. The van der Waals surface area contributed by atoms with Crippen LogP contribution in [0.2, 0.25) is 0 Å². The predicted molar refractivity (Wildman–Crippen MR) is 65.7 cm³/mol. The topological polar surface area (TPSA) is 80.0 Å². The van der Waals surface area contributed by atoms with Crippen LogP contribution in [0.15, 0.2) is 16.5 Å². The van der Waals surface area contributed by atoms with Crippen molar-refractivity contribution in [3.05, 3.63) is 23.7 Å². The molecule has 0 saturated carbocycles. The molecular formula is C13H17NO5. The van der Waals surface area contributed by atoms with E-state index in [9.17, 15) is 9.59 Å². The number of carboxylic acids is 1. The van der Waals surface area contributed by atoms with Crippen LogP contribution in [0.25, 0.3) is 0 Å². The van der Waals surface area contributed by atoms with Gasteiger partial charge in [0.05, 0.1) is 5.41 Å². The monoisotopic (exact) mass is 267 g/mol. The number of aliphatic carboxylic acids is 1. The van der Waals surface area contributed by atoms with Crippen LogP contribution in [-0.4, -0.2) is 42.1 Å². The number of carbonyl (C=O) groups is 2. The summed E-state index contributed by atoms with van der Waals surface area (Å²) in [5.41, 5.74) is -0.863. The molecule has 19 heavy (non-hydrogen) atoms. The summed E-state index contributed by atoms with van der Waals surface area (Å²) in [4.78, 5) is 24.8. The van der Waals surface area contributed by atoms with Gasteiger partial charge in [0.25, 0.3) is 5.91 Å². The molecule has 1 atom stereocenters. The lowest BCUT2D eigenvalue weighted by Crippen LogP contribution is -2.34. The average Bonchev–Trinajstić information content (AvgIpc) is 2.97. The fraction of sp³-hybridized carbons (Fsp3) is 0.538. The summed E-state index contributed by atoms with van der Waals surface area (Å²) in [6.07, 6.45) is 0.458. The summed E-state index contributed by atoms with van der Waals surface area (Å²) in [5.74, 6) is -0.345. The van der Waals surface area contributed by atoms with Gasteiger partial charge in [-0.2, -0.15) is 0 Å². The molecule has 0 spiro atoms. The Morgan fingerprint density at radius 1 is 1.53 bits per heavy atom. The molecule has 0 aromatic carbocycles. The molecule has 2 rings (SSSR count). The average molecular weight is 267 g/mol. The molecule has 0 bridgehead atoms. The van der Waals surface area contributed by atoms with Crippen molar-refractivity contribution in [2.75, 3.05) is 20.2 Å². The van der Waals surface area contributed by atoms with E-state index in [2.05, 4.69) is 0 Å². The van der Waals surface area contributed by atoms with Crippen molar-refractivity contribution < 1.29 is 23.8 Å². The van der Waals surface area contributed by atoms with E-state index < -0.39 is 11.4 Å². The highest BCUT2D eigenvalue weighted by Crippen LogP contribution is 2.31. The molecule has 1 aromatic rings. The number of nitrogens with zero attached hydrogens (tertiary/aromatic N) is 1. The van der Waals surface area contributed by atoms with Gasteiger partial charge in [0.15, 0.2) is 5.76 Å². The molecule has 1 fully saturated rings. The molecular weight excluding hydrogens is 250 g/mol. The minimum absolute atomic E-state index is 0.210. The van der Waals surface area contributed by atoms with E-state index in [-0.39, 0.29) is 18.2 Å². The number of rotatable bonds is 4. The first-order chi connectivity index (χ1) is 8.96. The van der Waals surface area contributed by atoms with Crippen molar-refractivity contribution in [1.82, 2.24) is 4.90 Å². The van der Waals surface area contributed by atoms with Gasteiger partial charge in [-0.15, -0.1) is 0 Å². The fourth-order valence-corrected chi connectivity index (χ4v) is 2.18. The highest BCUT2D eigenvalue weighted by atomic mass is 16.5. The Labute approximate surface area is 110 Å². The standard InChI is InChI=1S/C13H17NO5/c1-13(12(16)17)5-6-14(8-13)11(15)10-4-3-9(19-10)7-18-2/h3-4H,5-8H2,1-2H3,(H,16,17). The Morgan fingerprint density at radius 3 is 2.84 bits per heavy atom. The SMILES string of the molecule is COCc1ccc(C(=O)N2CCC(C)(C(=O)O)C2)o1. The van der Waals surface area contributed by atoms with Crippen molar-refractivity contribution >= 4 is 11.9 Å². The fourth-order valence-electron chi connectivity index (χ4n) is 2.18. The number of carbonyl (C=O) groups excluding carboxylic acids is 1. The van der Waals surface area contributed by atoms with Crippen LogP contribution >= 0.6 is 0 Å². The molecule has 1 aromatic heterocycles. The van der Waals surface area contributed by atoms with Gasteiger partial charge < -0.3 is 19.2 Å². The molecule has 1 aliphatic heterocycles. The van der Waals surface area contributed by atoms with E-state index >= 15 is 0 Å². The Morgan fingerprint density at radius 2 is 2.26 bits per heavy atom. The van der Waals surface area contributed by atoms with Gasteiger partial charge >= 0.3 is 5.97 Å². The van der Waals surface area contributed by atoms with Crippen LogP contribution in [0.5, 0.6) is 0 Å². The Hall–Kier alpha value is -1.82. The molecule has 1 N–H and O–H groups in total. The first-order valence-electron chi connectivity index (χ1n) is 6.06. The molecule has 6 nitrogen and oxygen atoms in total. The van der Waals surface area contributed by atoms with Gasteiger partial charge in [-0.05, 0) is 25.5 Å². The maximum Gasteiger partial charge on any atom is 0.311 e. The van der Waals surface area contributed by atoms with Gasteiger partial charge in [0.2, 0.25) is 0 Å². The smallest absolute Gasteiger partial charge is 0.311 e. The maximum absolute atomic E-state index is 12.2. The third-order valence-corrected chi connectivity index (χ3v) is 3.44. The largest absolute Gasteiger partial charge is 0.481 e. The second-order valence-corrected chi connectivity index (χ2v) is 5.04. The summed E-state index contributed by atoms with van der Waals surface area (Å²) >= 11 is 0. The third kappa shape index (κ3) is 2.63. The summed E-state index contributed by atoms with van der Waals surface area (Å²) in [6.45, 7) is 2.60. The van der Waals surface area contributed by atoms with Gasteiger partial charge in [-0.25, -0.2) is 0 Å². The van der Waals surface area contributed by atoms with Crippen molar-refractivity contribution in [2.45, 2.75) is 20.0 Å². The van der Waals surface area contributed by atoms with E-state index in [0.29, 0.717) is 25.3 Å². The number of amides is 1. The van der Waals surface area contributed by atoms with Crippen LogP contribution in [0, 0.1) is 5.41 Å². The second-order valence-electron chi connectivity index (χ2n) is 5.04. The molecule has 6 heteroatoms. The molecule has 2 heterocycles. The molecule has 0 radical (unpaired) electrons. The molecule has 0 aliphatic carbocycles. The van der Waals surface area contributed by atoms with Gasteiger partial charge in [0.1, 0.15) is 12.4 Å². The van der Waals surface area contributed by atoms with E-state index in [1.54, 1.807) is 26.2 Å². The lowest BCUT2D eigenvalue weighted by Gasteiger charge is -2.19. The van der Waals surface area contributed by atoms with Crippen LogP contribution in [0.4, 0.5) is 0 Å². The van der Waals surface area contributed by atoms with Crippen molar-refractivity contribution in [3.63, 3.8) is 0 Å². The lowest BCUT2D eigenvalue weighted by molar-refractivity contribution is -0.147. The quantitative estimate of drug-likeness (QED) is 0.891. The Kier molecular flexibility index (Phi) is 3.61. The molecule has 1 amide bonds. The first kappa shape index (κ1) is 13.6. The number of carboxylic acid groups (broad SMARTS) is 1. The van der Waals surface area contributed by atoms with E-state index in [0.717, 1.165) is 0 Å². The van der Waals surface area contributed by atoms with Crippen LogP contribution in [0.3, 0.4) is 0 Å². The summed E-state index contributed by atoms with van der Waals surface area (Å²) < 4.78 is 10.3. The molecule has 1 unspecified atom stereocenters. The van der Waals surface area contributed by atoms with Crippen LogP contribution in [0.1, 0.15) is 29.7 Å². The maximum atomic E-state index is 12.2. The van der Waals surface area contributed by atoms with Crippen molar-refractivity contribution in [1.29, 1.82) is 0 Å². The van der Waals surface area contributed by atoms with Crippen molar-refractivity contribution in [3.8, 4) is 0 Å². The van der Waals surface area contributed by atoms with Crippen LogP contribution < -0.4 is 0 Å². The summed E-state index contributed by atoms with van der Waals surface area (Å²) in [7, 11) is 1.54. The number of likely N-dealkylation sites (tertiary alicyclic amines) is 1. The zero-order chi connectivity index (χ0) is 14.0. The molecule has 1 saturated heterocycles. The number of furan rings is 1. The second kappa shape index (κ2) is 5.05. The van der Waals surface area contributed by atoms with E-state index in [1.807, 2.05) is 0 Å². The Balaban J connectivity index is 2.06. The summed E-state index contributed by atoms with van der Waals surface area (Å²) in [5, 5.41) is 9.14. The lowest BCUT2D eigenvalue weighted by atomic mass is 9.90. The number of methoxy groups -OCH3 is 1. The number of ether oxygens (including phenoxy) is 1. The number of hydrogen-bond acceptors (Lipinski definition) is 4. The van der Waals surface area contributed by atoms with E-state index in [4.69, 9.17) is 14.3 Å². The Bertz CT molecular complexity index is 495. The zero-order valence-corrected chi connectivity index (χ0v) is 11.0. The minimum atomic E-state index is -0.873. The summed E-state index contributed by atoms with van der Waals surface area (Å²) in [6, 6.07) is 3.27. The minimum Gasteiger partial charge on any atom is -0.481 e.